The van der Waals surface area contributed by atoms with Crippen molar-refractivity contribution in [3.63, 3.8) is 0 Å². The molecule has 0 spiro atoms. The molecule has 19 heavy (non-hydrogen) atoms. The summed E-state index contributed by atoms with van der Waals surface area (Å²) in [5.41, 5.74) is 5.35. The van der Waals surface area contributed by atoms with Crippen molar-refractivity contribution in [1.29, 1.82) is 0 Å². The first kappa shape index (κ1) is 14.5. The first-order valence-corrected chi connectivity index (χ1v) is 7.36. The molecule has 4 nitrogen and oxygen atoms in total. The molecule has 2 N–H and O–H groups in total. The van der Waals surface area contributed by atoms with E-state index < -0.39 is 5.54 Å². The van der Waals surface area contributed by atoms with Crippen LogP contribution in [0.4, 0.5) is 0 Å². The maximum Gasteiger partial charge on any atom is 0.230 e. The summed E-state index contributed by atoms with van der Waals surface area (Å²) < 4.78 is 0. The summed E-state index contributed by atoms with van der Waals surface area (Å²) in [6, 6.07) is 0. The number of imide groups is 1. The van der Waals surface area contributed by atoms with Gasteiger partial charge in [0.15, 0.2) is 0 Å². The minimum absolute atomic E-state index is 0.0266. The SMILES string of the molecule is CC1CCC(CN)(N2C(=O)CC(C)(C)CC2=O)CC1. The molecule has 0 bridgehead atoms. The van der Waals surface area contributed by atoms with Crippen molar-refractivity contribution >= 4 is 11.8 Å². The van der Waals surface area contributed by atoms with E-state index >= 15 is 0 Å². The molecule has 108 valence electrons. The molecular weight excluding hydrogens is 240 g/mol. The van der Waals surface area contributed by atoms with Crippen molar-refractivity contribution < 1.29 is 9.59 Å². The molecule has 2 rings (SSSR count). The molecule has 0 unspecified atom stereocenters. The third-order valence-electron chi connectivity index (χ3n) is 4.82. The smallest absolute Gasteiger partial charge is 0.230 e. The number of likely N-dealkylation sites (tertiary alicyclic amines) is 1. The zero-order valence-corrected chi connectivity index (χ0v) is 12.4. The number of hydrogen-bond acceptors (Lipinski definition) is 3. The number of piperidine rings is 1. The second kappa shape index (κ2) is 4.89. The van der Waals surface area contributed by atoms with Crippen molar-refractivity contribution in [2.24, 2.45) is 17.1 Å². The van der Waals surface area contributed by atoms with E-state index in [1.807, 2.05) is 13.8 Å². The van der Waals surface area contributed by atoms with Crippen LogP contribution in [-0.4, -0.2) is 28.8 Å². The Bertz CT molecular complexity index is 362. The van der Waals surface area contributed by atoms with Crippen LogP contribution in [0.25, 0.3) is 0 Å². The van der Waals surface area contributed by atoms with Crippen LogP contribution in [0.5, 0.6) is 0 Å². The van der Waals surface area contributed by atoms with Crippen LogP contribution in [0.2, 0.25) is 0 Å². The van der Waals surface area contributed by atoms with Gasteiger partial charge in [0.2, 0.25) is 11.8 Å². The lowest BCUT2D eigenvalue weighted by Gasteiger charge is -2.49. The Hall–Kier alpha value is -0.900. The van der Waals surface area contributed by atoms with Crippen LogP contribution >= 0.6 is 0 Å². The summed E-state index contributed by atoms with van der Waals surface area (Å²) in [7, 11) is 0. The average molecular weight is 266 g/mol. The van der Waals surface area contributed by atoms with E-state index in [1.54, 1.807) is 0 Å². The van der Waals surface area contributed by atoms with Gasteiger partial charge in [-0.2, -0.15) is 0 Å². The molecule has 0 aromatic carbocycles. The predicted molar refractivity (Wildman–Crippen MR) is 74.3 cm³/mol. The molecule has 0 radical (unpaired) electrons. The molecule has 1 aliphatic heterocycles. The van der Waals surface area contributed by atoms with Gasteiger partial charge < -0.3 is 5.73 Å². The molecule has 2 fully saturated rings. The largest absolute Gasteiger partial charge is 0.328 e. The summed E-state index contributed by atoms with van der Waals surface area (Å²) in [4.78, 5) is 26.4. The lowest BCUT2D eigenvalue weighted by atomic mass is 9.73. The fourth-order valence-electron chi connectivity index (χ4n) is 3.53. The van der Waals surface area contributed by atoms with Gasteiger partial charge in [0.25, 0.3) is 0 Å². The monoisotopic (exact) mass is 266 g/mol. The third-order valence-corrected chi connectivity index (χ3v) is 4.82. The number of hydrogen-bond donors (Lipinski definition) is 1. The number of amides is 2. The summed E-state index contributed by atoms with van der Waals surface area (Å²) in [6.07, 6.45) is 4.74. The van der Waals surface area contributed by atoms with Gasteiger partial charge in [-0.15, -0.1) is 0 Å². The van der Waals surface area contributed by atoms with Crippen molar-refractivity contribution in [3.05, 3.63) is 0 Å². The van der Waals surface area contributed by atoms with Crippen LogP contribution in [0.1, 0.15) is 59.3 Å². The molecular formula is C15H26N2O2. The highest BCUT2D eigenvalue weighted by Gasteiger charge is 2.48. The molecule has 0 atom stereocenters. The summed E-state index contributed by atoms with van der Waals surface area (Å²) in [6.45, 7) is 6.59. The van der Waals surface area contributed by atoms with Gasteiger partial charge in [-0.25, -0.2) is 0 Å². The summed E-state index contributed by atoms with van der Waals surface area (Å²) >= 11 is 0. The Labute approximate surface area is 115 Å². The number of nitrogens with two attached hydrogens (primary N) is 1. The Kier molecular flexibility index (Phi) is 3.74. The Morgan fingerprint density at radius 3 is 2.05 bits per heavy atom. The first-order chi connectivity index (χ1) is 8.80. The van der Waals surface area contributed by atoms with Crippen LogP contribution in [0, 0.1) is 11.3 Å². The molecule has 1 aliphatic carbocycles. The lowest BCUT2D eigenvalue weighted by molar-refractivity contribution is -0.162. The van der Waals surface area contributed by atoms with Gasteiger partial charge >= 0.3 is 0 Å². The number of carbonyl (C=O) groups excluding carboxylic acids is 2. The van der Waals surface area contributed by atoms with Crippen LogP contribution in [0.3, 0.4) is 0 Å². The molecule has 2 aliphatic rings. The topological polar surface area (TPSA) is 63.4 Å². The van der Waals surface area contributed by atoms with Crippen molar-refractivity contribution in [2.45, 2.75) is 64.8 Å². The highest BCUT2D eigenvalue weighted by atomic mass is 16.2. The zero-order chi connectivity index (χ0) is 14.3. The molecule has 4 heteroatoms. The van der Waals surface area contributed by atoms with Gasteiger partial charge in [0.05, 0.1) is 5.54 Å². The van der Waals surface area contributed by atoms with Crippen molar-refractivity contribution in [1.82, 2.24) is 4.90 Å². The third kappa shape index (κ3) is 2.69. The van der Waals surface area contributed by atoms with E-state index in [0.717, 1.165) is 25.7 Å². The van der Waals surface area contributed by atoms with Crippen molar-refractivity contribution in [2.75, 3.05) is 6.54 Å². The molecule has 2 amide bonds. The van der Waals surface area contributed by atoms with Crippen molar-refractivity contribution in [3.8, 4) is 0 Å². The molecule has 0 aromatic heterocycles. The maximum atomic E-state index is 12.4. The number of nitrogens with zero attached hydrogens (tertiary/aromatic N) is 1. The van der Waals surface area contributed by atoms with E-state index in [0.29, 0.717) is 25.3 Å². The standard InChI is InChI=1S/C15H26N2O2/c1-11-4-6-15(10-16,7-5-11)17-12(18)8-14(2,3)9-13(17)19/h11H,4-10,16H2,1-3H3. The average Bonchev–Trinajstić information content (AvgIpc) is 2.29. The fraction of sp³-hybridized carbons (Fsp3) is 0.867. The molecule has 0 aromatic rings. The van der Waals surface area contributed by atoms with E-state index in [-0.39, 0.29) is 17.2 Å². The van der Waals surface area contributed by atoms with Crippen LogP contribution in [-0.2, 0) is 9.59 Å². The Morgan fingerprint density at radius 1 is 1.16 bits per heavy atom. The van der Waals surface area contributed by atoms with E-state index in [9.17, 15) is 9.59 Å². The quantitative estimate of drug-likeness (QED) is 0.778. The normalized spacial score (nSPS) is 35.6. The number of rotatable bonds is 2. The highest BCUT2D eigenvalue weighted by molar-refractivity contribution is 5.99. The zero-order valence-electron chi connectivity index (χ0n) is 12.4. The maximum absolute atomic E-state index is 12.4. The van der Waals surface area contributed by atoms with Gasteiger partial charge in [0.1, 0.15) is 0 Å². The predicted octanol–water partition coefficient (Wildman–Crippen LogP) is 2.07. The second-order valence-corrected chi connectivity index (χ2v) is 7.25. The molecule has 1 saturated heterocycles. The molecule has 1 heterocycles. The summed E-state index contributed by atoms with van der Waals surface area (Å²) in [5, 5.41) is 0. The molecule has 1 saturated carbocycles. The minimum Gasteiger partial charge on any atom is -0.328 e. The van der Waals surface area contributed by atoms with Gasteiger partial charge in [0, 0.05) is 19.4 Å². The van der Waals surface area contributed by atoms with E-state index in [1.165, 1.54) is 4.90 Å². The van der Waals surface area contributed by atoms with E-state index in [4.69, 9.17) is 5.73 Å². The van der Waals surface area contributed by atoms with Gasteiger partial charge in [-0.3, -0.25) is 14.5 Å². The second-order valence-electron chi connectivity index (χ2n) is 7.25. The lowest BCUT2D eigenvalue weighted by Crippen LogP contribution is -2.62. The number of carbonyl (C=O) groups is 2. The van der Waals surface area contributed by atoms with Crippen LogP contribution < -0.4 is 5.73 Å². The fourth-order valence-corrected chi connectivity index (χ4v) is 3.53. The Morgan fingerprint density at radius 2 is 1.63 bits per heavy atom. The van der Waals surface area contributed by atoms with Gasteiger partial charge in [-0.05, 0) is 37.0 Å². The minimum atomic E-state index is -0.406. The van der Waals surface area contributed by atoms with E-state index in [2.05, 4.69) is 6.92 Å². The van der Waals surface area contributed by atoms with Crippen LogP contribution in [0.15, 0.2) is 0 Å². The van der Waals surface area contributed by atoms with Gasteiger partial charge in [-0.1, -0.05) is 20.8 Å². The first-order valence-electron chi connectivity index (χ1n) is 7.36. The highest BCUT2D eigenvalue weighted by Crippen LogP contribution is 2.41. The summed E-state index contributed by atoms with van der Waals surface area (Å²) in [5.74, 6) is 0.619. The Balaban J connectivity index is 2.23.